The molecule has 1 fully saturated rings. The molecule has 0 bridgehead atoms. The van der Waals surface area contributed by atoms with E-state index in [9.17, 15) is 0 Å². The zero-order chi connectivity index (χ0) is 5.98. The van der Waals surface area contributed by atoms with E-state index in [0.29, 0.717) is 12.6 Å². The van der Waals surface area contributed by atoms with Crippen LogP contribution in [0.4, 0.5) is 0 Å². The van der Waals surface area contributed by atoms with E-state index < -0.39 is 0 Å². The Bertz CT molecular complexity index is 79.5. The monoisotopic (exact) mass is 151 g/mol. The SMILES string of the molecule is C[C@H]1CN[C@H](CO)C1.Cl. The molecular weight excluding hydrogens is 138 g/mol. The second-order valence-electron chi connectivity index (χ2n) is 2.63. The normalized spacial score (nSPS) is 34.0. The third-order valence-corrected chi connectivity index (χ3v) is 1.66. The number of halogens is 1. The molecule has 0 amide bonds. The number of aliphatic hydroxyl groups excluding tert-OH is 1. The van der Waals surface area contributed by atoms with Gasteiger partial charge in [-0.25, -0.2) is 0 Å². The van der Waals surface area contributed by atoms with Crippen molar-refractivity contribution in [2.24, 2.45) is 5.92 Å². The van der Waals surface area contributed by atoms with Crippen LogP contribution in [0.25, 0.3) is 0 Å². The molecule has 2 nitrogen and oxygen atoms in total. The van der Waals surface area contributed by atoms with Crippen molar-refractivity contribution in [1.82, 2.24) is 5.32 Å². The van der Waals surface area contributed by atoms with Gasteiger partial charge in [0, 0.05) is 6.04 Å². The zero-order valence-corrected chi connectivity index (χ0v) is 6.45. The van der Waals surface area contributed by atoms with Gasteiger partial charge in [-0.2, -0.15) is 0 Å². The molecule has 0 aliphatic carbocycles. The van der Waals surface area contributed by atoms with Crippen LogP contribution in [-0.2, 0) is 0 Å². The summed E-state index contributed by atoms with van der Waals surface area (Å²) in [4.78, 5) is 0. The van der Waals surface area contributed by atoms with E-state index in [1.165, 1.54) is 0 Å². The number of hydrogen-bond donors (Lipinski definition) is 2. The maximum absolute atomic E-state index is 8.62. The molecule has 1 saturated heterocycles. The standard InChI is InChI=1S/C6H13NO.ClH/c1-5-2-6(4-8)7-3-5;/h5-8H,2-4H2,1H3;1H/t5-,6+;/m1./s1. The lowest BCUT2D eigenvalue weighted by molar-refractivity contribution is 0.253. The van der Waals surface area contributed by atoms with Gasteiger partial charge in [-0.1, -0.05) is 6.92 Å². The van der Waals surface area contributed by atoms with Gasteiger partial charge in [-0.3, -0.25) is 0 Å². The van der Waals surface area contributed by atoms with Crippen LogP contribution in [0.3, 0.4) is 0 Å². The minimum atomic E-state index is 0. The Kier molecular flexibility index (Phi) is 4.19. The highest BCUT2D eigenvalue weighted by Crippen LogP contribution is 2.11. The molecule has 0 aromatic carbocycles. The highest BCUT2D eigenvalue weighted by atomic mass is 35.5. The largest absolute Gasteiger partial charge is 0.395 e. The van der Waals surface area contributed by atoms with Crippen LogP contribution in [-0.4, -0.2) is 24.3 Å². The van der Waals surface area contributed by atoms with Crippen molar-refractivity contribution < 1.29 is 5.11 Å². The van der Waals surface area contributed by atoms with Gasteiger partial charge in [0.1, 0.15) is 0 Å². The van der Waals surface area contributed by atoms with Gasteiger partial charge in [-0.05, 0) is 18.9 Å². The van der Waals surface area contributed by atoms with Crippen LogP contribution in [0.1, 0.15) is 13.3 Å². The minimum Gasteiger partial charge on any atom is -0.395 e. The molecule has 1 aliphatic heterocycles. The second kappa shape index (κ2) is 4.09. The predicted molar refractivity (Wildman–Crippen MR) is 39.9 cm³/mol. The molecule has 2 N–H and O–H groups in total. The Labute approximate surface area is 62.1 Å². The van der Waals surface area contributed by atoms with Crippen molar-refractivity contribution in [2.45, 2.75) is 19.4 Å². The Morgan fingerprint density at radius 3 is 2.56 bits per heavy atom. The Morgan fingerprint density at radius 1 is 1.67 bits per heavy atom. The lowest BCUT2D eigenvalue weighted by Crippen LogP contribution is -2.24. The molecule has 2 atom stereocenters. The smallest absolute Gasteiger partial charge is 0.0584 e. The van der Waals surface area contributed by atoms with Crippen molar-refractivity contribution in [3.63, 3.8) is 0 Å². The van der Waals surface area contributed by atoms with Crippen molar-refractivity contribution in [3.8, 4) is 0 Å². The zero-order valence-electron chi connectivity index (χ0n) is 5.63. The van der Waals surface area contributed by atoms with Crippen molar-refractivity contribution in [2.75, 3.05) is 13.2 Å². The van der Waals surface area contributed by atoms with Gasteiger partial charge in [-0.15, -0.1) is 12.4 Å². The van der Waals surface area contributed by atoms with Crippen LogP contribution < -0.4 is 5.32 Å². The summed E-state index contributed by atoms with van der Waals surface area (Å²) in [6, 6.07) is 0.380. The molecule has 0 spiro atoms. The highest BCUT2D eigenvalue weighted by Gasteiger charge is 2.18. The molecule has 9 heavy (non-hydrogen) atoms. The summed E-state index contributed by atoms with van der Waals surface area (Å²) in [5.41, 5.74) is 0. The van der Waals surface area contributed by atoms with Gasteiger partial charge in [0.25, 0.3) is 0 Å². The van der Waals surface area contributed by atoms with Crippen LogP contribution in [0.15, 0.2) is 0 Å². The van der Waals surface area contributed by atoms with Gasteiger partial charge in [0.05, 0.1) is 6.61 Å². The third-order valence-electron chi connectivity index (χ3n) is 1.66. The topological polar surface area (TPSA) is 32.3 Å². The molecule has 0 aromatic rings. The van der Waals surface area contributed by atoms with Gasteiger partial charge in [0.15, 0.2) is 0 Å². The number of rotatable bonds is 1. The Morgan fingerprint density at radius 2 is 2.33 bits per heavy atom. The molecule has 56 valence electrons. The molecular formula is C6H14ClNO. The van der Waals surface area contributed by atoms with Gasteiger partial charge < -0.3 is 10.4 Å². The summed E-state index contributed by atoms with van der Waals surface area (Å²) < 4.78 is 0. The first-order valence-corrected chi connectivity index (χ1v) is 3.17. The minimum absolute atomic E-state index is 0. The average molecular weight is 152 g/mol. The summed E-state index contributed by atoms with van der Waals surface area (Å²) in [6.07, 6.45) is 1.14. The molecule has 1 aliphatic rings. The summed E-state index contributed by atoms with van der Waals surface area (Å²) >= 11 is 0. The molecule has 0 aromatic heterocycles. The molecule has 0 saturated carbocycles. The summed E-state index contributed by atoms with van der Waals surface area (Å²) in [6.45, 7) is 3.57. The maximum Gasteiger partial charge on any atom is 0.0584 e. The molecule has 3 heteroatoms. The van der Waals surface area contributed by atoms with E-state index in [4.69, 9.17) is 5.11 Å². The molecule has 0 radical (unpaired) electrons. The Hall–Kier alpha value is 0.210. The number of aliphatic hydroxyl groups is 1. The lowest BCUT2D eigenvalue weighted by Gasteiger charge is -2.02. The molecule has 1 heterocycles. The first kappa shape index (κ1) is 9.21. The van der Waals surface area contributed by atoms with E-state index in [0.717, 1.165) is 18.9 Å². The maximum atomic E-state index is 8.62. The van der Waals surface area contributed by atoms with Gasteiger partial charge >= 0.3 is 0 Å². The average Bonchev–Trinajstić information content (AvgIpc) is 2.14. The highest BCUT2D eigenvalue weighted by molar-refractivity contribution is 5.85. The third kappa shape index (κ3) is 2.52. The number of hydrogen-bond acceptors (Lipinski definition) is 2. The molecule has 0 unspecified atom stereocenters. The number of nitrogens with one attached hydrogen (secondary N) is 1. The summed E-state index contributed by atoms with van der Waals surface area (Å²) in [5, 5.41) is 11.8. The van der Waals surface area contributed by atoms with Crippen LogP contribution in [0.2, 0.25) is 0 Å². The van der Waals surface area contributed by atoms with Gasteiger partial charge in [0.2, 0.25) is 0 Å². The Balaban J connectivity index is 0.000000640. The van der Waals surface area contributed by atoms with Crippen LogP contribution >= 0.6 is 12.4 Å². The van der Waals surface area contributed by atoms with Crippen LogP contribution in [0, 0.1) is 5.92 Å². The fourth-order valence-corrected chi connectivity index (χ4v) is 1.16. The fraction of sp³-hybridized carbons (Fsp3) is 1.00. The van der Waals surface area contributed by atoms with E-state index in [1.807, 2.05) is 0 Å². The lowest BCUT2D eigenvalue weighted by atomic mass is 10.1. The quantitative estimate of drug-likeness (QED) is 0.569. The van der Waals surface area contributed by atoms with E-state index in [2.05, 4.69) is 12.2 Å². The predicted octanol–water partition coefficient (Wildman–Crippen LogP) is 0.398. The first-order valence-electron chi connectivity index (χ1n) is 3.17. The van der Waals surface area contributed by atoms with Crippen molar-refractivity contribution in [3.05, 3.63) is 0 Å². The van der Waals surface area contributed by atoms with E-state index in [1.54, 1.807) is 0 Å². The van der Waals surface area contributed by atoms with Crippen molar-refractivity contribution >= 4 is 12.4 Å². The van der Waals surface area contributed by atoms with Crippen molar-refractivity contribution in [1.29, 1.82) is 0 Å². The first-order chi connectivity index (χ1) is 3.83. The molecule has 1 rings (SSSR count). The van der Waals surface area contributed by atoms with Crippen LogP contribution in [0.5, 0.6) is 0 Å². The second-order valence-corrected chi connectivity index (χ2v) is 2.63. The summed E-state index contributed by atoms with van der Waals surface area (Å²) in [7, 11) is 0. The van der Waals surface area contributed by atoms with E-state index in [-0.39, 0.29) is 12.4 Å². The summed E-state index contributed by atoms with van der Waals surface area (Å²) in [5.74, 6) is 0.757. The fourth-order valence-electron chi connectivity index (χ4n) is 1.16. The van der Waals surface area contributed by atoms with E-state index >= 15 is 0 Å².